The average Bonchev–Trinajstić information content (AvgIpc) is 2.17. The van der Waals surface area contributed by atoms with Gasteiger partial charge in [-0.3, -0.25) is 9.59 Å². The number of carboxylic acid groups (broad SMARTS) is 2. The predicted molar refractivity (Wildman–Crippen MR) is 57.6 cm³/mol. The number of benzene rings is 1. The van der Waals surface area contributed by atoms with Crippen LogP contribution in [0, 0.1) is 0 Å². The van der Waals surface area contributed by atoms with Gasteiger partial charge < -0.3 is 10.2 Å². The van der Waals surface area contributed by atoms with Crippen LogP contribution >= 0.6 is 0 Å². The molecule has 1 rings (SSSR count). The van der Waals surface area contributed by atoms with E-state index in [-0.39, 0.29) is 54.4 Å². The molecule has 0 aromatic heterocycles. The Morgan fingerprint density at radius 3 is 1.80 bits per heavy atom. The molecule has 0 atom stereocenters. The summed E-state index contributed by atoms with van der Waals surface area (Å²) in [7, 11) is 0. The summed E-state index contributed by atoms with van der Waals surface area (Å²) in [4.78, 5) is 21.8. The second-order valence-corrected chi connectivity index (χ2v) is 3.10. The number of rotatable bonds is 3. The van der Waals surface area contributed by atoms with E-state index in [2.05, 4.69) is 0 Å². The standard InChI is InChI=1S/C10H10O4.Ba.2H/c1-10(8(11)12,9(13)14)7-5-3-2-4-6-7;;;/h2-6H,1H3,(H,11,12)(H,13,14);;;. The van der Waals surface area contributed by atoms with Crippen LogP contribution in [0.15, 0.2) is 30.3 Å². The van der Waals surface area contributed by atoms with Crippen LogP contribution in [0.2, 0.25) is 0 Å². The molecule has 0 aliphatic rings. The van der Waals surface area contributed by atoms with Crippen LogP contribution in [-0.2, 0) is 15.0 Å². The summed E-state index contributed by atoms with van der Waals surface area (Å²) < 4.78 is 0. The molecular weight excluding hydrogens is 321 g/mol. The average molecular weight is 334 g/mol. The Kier molecular flexibility index (Phi) is 5.61. The van der Waals surface area contributed by atoms with E-state index in [1.165, 1.54) is 19.1 Å². The van der Waals surface area contributed by atoms with Crippen molar-refractivity contribution in [3.63, 3.8) is 0 Å². The van der Waals surface area contributed by atoms with Crippen molar-refractivity contribution in [2.75, 3.05) is 0 Å². The maximum atomic E-state index is 10.9. The van der Waals surface area contributed by atoms with Gasteiger partial charge in [0.25, 0.3) is 0 Å². The first-order chi connectivity index (χ1) is 6.49. The molecule has 0 radical (unpaired) electrons. The van der Waals surface area contributed by atoms with E-state index in [1.54, 1.807) is 18.2 Å². The molecule has 5 heteroatoms. The second kappa shape index (κ2) is 5.72. The van der Waals surface area contributed by atoms with Crippen LogP contribution in [0.4, 0.5) is 0 Å². The molecule has 1 aromatic carbocycles. The van der Waals surface area contributed by atoms with Crippen LogP contribution in [-0.4, -0.2) is 71.0 Å². The van der Waals surface area contributed by atoms with Crippen LogP contribution in [0.5, 0.6) is 0 Å². The molecule has 15 heavy (non-hydrogen) atoms. The van der Waals surface area contributed by atoms with E-state index < -0.39 is 17.4 Å². The zero-order valence-corrected chi connectivity index (χ0v) is 7.60. The Labute approximate surface area is 127 Å². The number of hydrogen-bond donors (Lipinski definition) is 2. The number of carbonyl (C=O) groups is 2. The second-order valence-electron chi connectivity index (χ2n) is 3.10. The van der Waals surface area contributed by atoms with E-state index in [0.717, 1.165) is 0 Å². The van der Waals surface area contributed by atoms with Crippen molar-refractivity contribution in [2.24, 2.45) is 0 Å². The Balaban J connectivity index is 0.00000196. The molecule has 0 spiro atoms. The van der Waals surface area contributed by atoms with E-state index in [0.29, 0.717) is 0 Å². The minimum absolute atomic E-state index is 0. The third kappa shape index (κ3) is 2.85. The zero-order valence-electron chi connectivity index (χ0n) is 7.60. The normalized spacial score (nSPS) is 10.2. The SMILES string of the molecule is CC(C(=O)O)(C(=O)O)c1ccccc1.[BaH2]. The molecule has 2 N–H and O–H groups in total. The first-order valence-corrected chi connectivity index (χ1v) is 4.02. The van der Waals surface area contributed by atoms with Gasteiger partial charge in [0.05, 0.1) is 0 Å². The van der Waals surface area contributed by atoms with E-state index in [1.807, 2.05) is 0 Å². The van der Waals surface area contributed by atoms with Crippen LogP contribution in [0.25, 0.3) is 0 Å². The number of carboxylic acids is 2. The summed E-state index contributed by atoms with van der Waals surface area (Å²) in [5.41, 5.74) is -1.61. The fraction of sp³-hybridized carbons (Fsp3) is 0.200. The van der Waals surface area contributed by atoms with Gasteiger partial charge in [0.2, 0.25) is 0 Å². The van der Waals surface area contributed by atoms with E-state index in [4.69, 9.17) is 10.2 Å². The van der Waals surface area contributed by atoms with Crippen LogP contribution in [0.3, 0.4) is 0 Å². The fourth-order valence-corrected chi connectivity index (χ4v) is 1.11. The van der Waals surface area contributed by atoms with Crippen molar-refractivity contribution < 1.29 is 19.8 Å². The number of aliphatic carboxylic acids is 2. The van der Waals surface area contributed by atoms with Crippen molar-refractivity contribution >= 4 is 60.8 Å². The molecule has 4 nitrogen and oxygen atoms in total. The van der Waals surface area contributed by atoms with Gasteiger partial charge in [-0.1, -0.05) is 30.3 Å². The first-order valence-electron chi connectivity index (χ1n) is 4.02. The van der Waals surface area contributed by atoms with Gasteiger partial charge in [0, 0.05) is 0 Å². The predicted octanol–water partition coefficient (Wildman–Crippen LogP) is 0.197. The Hall–Kier alpha value is -0.269. The molecule has 0 amide bonds. The maximum absolute atomic E-state index is 10.9. The summed E-state index contributed by atoms with van der Waals surface area (Å²) in [6.07, 6.45) is 0. The molecular formula is C10H12BaO4. The molecule has 0 aliphatic heterocycles. The topological polar surface area (TPSA) is 74.6 Å². The third-order valence-electron chi connectivity index (χ3n) is 2.21. The zero-order chi connectivity index (χ0) is 10.8. The summed E-state index contributed by atoms with van der Waals surface area (Å²) in [6.45, 7) is 1.17. The van der Waals surface area contributed by atoms with Crippen molar-refractivity contribution in [1.82, 2.24) is 0 Å². The van der Waals surface area contributed by atoms with E-state index in [9.17, 15) is 9.59 Å². The number of hydrogen-bond acceptors (Lipinski definition) is 2. The molecule has 0 heterocycles. The molecule has 0 saturated heterocycles. The van der Waals surface area contributed by atoms with E-state index >= 15 is 0 Å². The van der Waals surface area contributed by atoms with Crippen LogP contribution in [0.1, 0.15) is 12.5 Å². The molecule has 0 aliphatic carbocycles. The van der Waals surface area contributed by atoms with Crippen molar-refractivity contribution in [1.29, 1.82) is 0 Å². The van der Waals surface area contributed by atoms with Crippen molar-refractivity contribution in [3.8, 4) is 0 Å². The molecule has 0 unspecified atom stereocenters. The quantitative estimate of drug-likeness (QED) is 0.612. The van der Waals surface area contributed by atoms with Gasteiger partial charge in [-0.15, -0.1) is 0 Å². The van der Waals surface area contributed by atoms with Gasteiger partial charge in [-0.2, -0.15) is 0 Å². The molecule has 78 valence electrons. The monoisotopic (exact) mass is 334 g/mol. The Morgan fingerprint density at radius 2 is 1.47 bits per heavy atom. The molecule has 0 bridgehead atoms. The van der Waals surface area contributed by atoms with Gasteiger partial charge in [0.15, 0.2) is 5.41 Å². The summed E-state index contributed by atoms with van der Waals surface area (Å²) >= 11 is 0. The fourth-order valence-electron chi connectivity index (χ4n) is 1.11. The van der Waals surface area contributed by atoms with Gasteiger partial charge in [-0.25, -0.2) is 0 Å². The van der Waals surface area contributed by atoms with Gasteiger partial charge >= 0.3 is 60.8 Å². The molecule has 0 saturated carbocycles. The Bertz CT molecular complexity index is 347. The molecule has 1 aromatic rings. The first kappa shape index (κ1) is 14.7. The minimum atomic E-state index is -1.87. The Morgan fingerprint density at radius 1 is 1.07 bits per heavy atom. The van der Waals surface area contributed by atoms with Gasteiger partial charge in [0.1, 0.15) is 0 Å². The van der Waals surface area contributed by atoms with Gasteiger partial charge in [-0.05, 0) is 12.5 Å². The van der Waals surface area contributed by atoms with Crippen molar-refractivity contribution in [3.05, 3.63) is 35.9 Å². The third-order valence-corrected chi connectivity index (χ3v) is 2.21. The van der Waals surface area contributed by atoms with Crippen molar-refractivity contribution in [2.45, 2.75) is 12.3 Å². The van der Waals surface area contributed by atoms with Crippen LogP contribution < -0.4 is 0 Å². The summed E-state index contributed by atoms with van der Waals surface area (Å²) in [5.74, 6) is -2.73. The molecule has 0 fully saturated rings. The summed E-state index contributed by atoms with van der Waals surface area (Å²) in [5, 5.41) is 17.8. The summed E-state index contributed by atoms with van der Waals surface area (Å²) in [6, 6.07) is 7.90.